The molecule has 0 spiro atoms. The molecule has 0 aliphatic rings. The Balaban J connectivity index is 3.03. The van der Waals surface area contributed by atoms with Crippen LogP contribution >= 0.6 is 0 Å². The summed E-state index contributed by atoms with van der Waals surface area (Å²) >= 11 is 0. The molecule has 1 aromatic rings. The Hall–Kier alpha value is -1.30. The van der Waals surface area contributed by atoms with Crippen molar-refractivity contribution in [1.82, 2.24) is 0 Å². The van der Waals surface area contributed by atoms with Gasteiger partial charge in [0.25, 0.3) is 0 Å². The normalized spacial score (nSPS) is 11.3. The van der Waals surface area contributed by atoms with Crippen molar-refractivity contribution in [2.24, 2.45) is 0 Å². The number of rotatable bonds is 2. The number of aryl methyl sites for hydroxylation is 1. The SMILES string of the molecule is C=CC=C(C)c1cccc(C)c1. The lowest BCUT2D eigenvalue weighted by atomic mass is 10.1. The Labute approximate surface area is 74.2 Å². The van der Waals surface area contributed by atoms with Gasteiger partial charge in [0.15, 0.2) is 0 Å². The molecule has 0 aliphatic heterocycles. The van der Waals surface area contributed by atoms with Gasteiger partial charge in [-0.3, -0.25) is 0 Å². The predicted molar refractivity (Wildman–Crippen MR) is 55.0 cm³/mol. The lowest BCUT2D eigenvalue weighted by Crippen LogP contribution is -1.79. The van der Waals surface area contributed by atoms with E-state index >= 15 is 0 Å². The van der Waals surface area contributed by atoms with Crippen molar-refractivity contribution in [3.63, 3.8) is 0 Å². The lowest BCUT2D eigenvalue weighted by molar-refractivity contribution is 1.44. The van der Waals surface area contributed by atoms with Gasteiger partial charge in [-0.1, -0.05) is 48.6 Å². The Morgan fingerprint density at radius 1 is 1.42 bits per heavy atom. The summed E-state index contributed by atoms with van der Waals surface area (Å²) in [5, 5.41) is 0. The first kappa shape index (κ1) is 8.79. The van der Waals surface area contributed by atoms with Crippen LogP contribution in [-0.4, -0.2) is 0 Å². The molecule has 0 aromatic heterocycles. The monoisotopic (exact) mass is 158 g/mol. The first-order chi connectivity index (χ1) is 5.74. The van der Waals surface area contributed by atoms with Gasteiger partial charge in [-0.2, -0.15) is 0 Å². The van der Waals surface area contributed by atoms with E-state index in [0.29, 0.717) is 0 Å². The molecule has 0 N–H and O–H groups in total. The van der Waals surface area contributed by atoms with E-state index in [-0.39, 0.29) is 0 Å². The van der Waals surface area contributed by atoms with Crippen molar-refractivity contribution >= 4 is 5.57 Å². The third kappa shape index (κ3) is 2.09. The van der Waals surface area contributed by atoms with Crippen molar-refractivity contribution in [1.29, 1.82) is 0 Å². The van der Waals surface area contributed by atoms with Crippen molar-refractivity contribution in [3.8, 4) is 0 Å². The number of hydrogen-bond donors (Lipinski definition) is 0. The molecule has 0 fully saturated rings. The van der Waals surface area contributed by atoms with Crippen LogP contribution in [0.25, 0.3) is 5.57 Å². The van der Waals surface area contributed by atoms with Crippen LogP contribution in [0.5, 0.6) is 0 Å². The van der Waals surface area contributed by atoms with Crippen LogP contribution < -0.4 is 0 Å². The fourth-order valence-electron chi connectivity index (χ4n) is 1.16. The summed E-state index contributed by atoms with van der Waals surface area (Å²) in [6, 6.07) is 8.47. The molecule has 0 nitrogen and oxygen atoms in total. The summed E-state index contributed by atoms with van der Waals surface area (Å²) in [6.07, 6.45) is 3.84. The molecular weight excluding hydrogens is 144 g/mol. The van der Waals surface area contributed by atoms with E-state index < -0.39 is 0 Å². The lowest BCUT2D eigenvalue weighted by Gasteiger charge is -2.00. The first-order valence-electron chi connectivity index (χ1n) is 4.10. The molecule has 62 valence electrons. The highest BCUT2D eigenvalue weighted by molar-refractivity contribution is 5.65. The molecule has 1 rings (SSSR count). The summed E-state index contributed by atoms with van der Waals surface area (Å²) in [7, 11) is 0. The Morgan fingerprint density at radius 2 is 2.17 bits per heavy atom. The minimum atomic E-state index is 1.26. The summed E-state index contributed by atoms with van der Waals surface area (Å²) in [4.78, 5) is 0. The average Bonchev–Trinajstić information content (AvgIpc) is 2.05. The van der Waals surface area contributed by atoms with E-state index in [2.05, 4.69) is 44.7 Å². The largest absolute Gasteiger partial charge is 0.0991 e. The molecule has 0 amide bonds. The maximum atomic E-state index is 3.67. The summed E-state index contributed by atoms with van der Waals surface area (Å²) in [5.41, 5.74) is 3.83. The van der Waals surface area contributed by atoms with Crippen LogP contribution in [0.15, 0.2) is 43.0 Å². The molecule has 0 aliphatic carbocycles. The molecule has 0 heterocycles. The minimum Gasteiger partial charge on any atom is -0.0991 e. The smallest absolute Gasteiger partial charge is 0.0225 e. The third-order valence-corrected chi connectivity index (χ3v) is 1.84. The first-order valence-corrected chi connectivity index (χ1v) is 4.10. The van der Waals surface area contributed by atoms with E-state index in [4.69, 9.17) is 0 Å². The van der Waals surface area contributed by atoms with Crippen LogP contribution in [0.1, 0.15) is 18.1 Å². The Morgan fingerprint density at radius 3 is 2.75 bits per heavy atom. The summed E-state index contributed by atoms with van der Waals surface area (Å²) in [5.74, 6) is 0. The second kappa shape index (κ2) is 3.91. The van der Waals surface area contributed by atoms with E-state index in [0.717, 1.165) is 0 Å². The van der Waals surface area contributed by atoms with Crippen molar-refractivity contribution in [2.75, 3.05) is 0 Å². The van der Waals surface area contributed by atoms with Gasteiger partial charge in [-0.05, 0) is 25.0 Å². The van der Waals surface area contributed by atoms with Gasteiger partial charge in [0.05, 0.1) is 0 Å². The van der Waals surface area contributed by atoms with Gasteiger partial charge in [0.2, 0.25) is 0 Å². The highest BCUT2D eigenvalue weighted by Crippen LogP contribution is 2.14. The summed E-state index contributed by atoms with van der Waals surface area (Å²) in [6.45, 7) is 7.87. The van der Waals surface area contributed by atoms with E-state index in [1.165, 1.54) is 16.7 Å². The average molecular weight is 158 g/mol. The molecule has 0 bridgehead atoms. The van der Waals surface area contributed by atoms with Gasteiger partial charge in [0, 0.05) is 0 Å². The van der Waals surface area contributed by atoms with Crippen molar-refractivity contribution in [3.05, 3.63) is 54.1 Å². The topological polar surface area (TPSA) is 0 Å². The molecule has 0 atom stereocenters. The highest BCUT2D eigenvalue weighted by atomic mass is 14.0. The molecule has 1 aromatic carbocycles. The second-order valence-corrected chi connectivity index (χ2v) is 2.95. The molecule has 0 saturated carbocycles. The third-order valence-electron chi connectivity index (χ3n) is 1.84. The minimum absolute atomic E-state index is 1.26. The summed E-state index contributed by atoms with van der Waals surface area (Å²) < 4.78 is 0. The predicted octanol–water partition coefficient (Wildman–Crippen LogP) is 3.58. The highest BCUT2D eigenvalue weighted by Gasteiger charge is 1.92. The Kier molecular flexibility index (Phi) is 2.87. The van der Waals surface area contributed by atoms with Gasteiger partial charge in [0.1, 0.15) is 0 Å². The zero-order valence-electron chi connectivity index (χ0n) is 7.67. The van der Waals surface area contributed by atoms with Gasteiger partial charge < -0.3 is 0 Å². The number of benzene rings is 1. The van der Waals surface area contributed by atoms with Crippen molar-refractivity contribution in [2.45, 2.75) is 13.8 Å². The quantitative estimate of drug-likeness (QED) is 0.577. The van der Waals surface area contributed by atoms with E-state index in [9.17, 15) is 0 Å². The Bertz CT molecular complexity index is 306. The second-order valence-electron chi connectivity index (χ2n) is 2.95. The van der Waals surface area contributed by atoms with Gasteiger partial charge >= 0.3 is 0 Å². The van der Waals surface area contributed by atoms with E-state index in [1.54, 1.807) is 0 Å². The van der Waals surface area contributed by atoms with Crippen LogP contribution in [0.2, 0.25) is 0 Å². The molecule has 12 heavy (non-hydrogen) atoms. The van der Waals surface area contributed by atoms with Gasteiger partial charge in [-0.15, -0.1) is 0 Å². The maximum absolute atomic E-state index is 3.67. The zero-order valence-corrected chi connectivity index (χ0v) is 7.67. The maximum Gasteiger partial charge on any atom is -0.0225 e. The number of hydrogen-bond acceptors (Lipinski definition) is 0. The fourth-order valence-corrected chi connectivity index (χ4v) is 1.16. The van der Waals surface area contributed by atoms with Crippen LogP contribution in [-0.2, 0) is 0 Å². The van der Waals surface area contributed by atoms with Crippen LogP contribution in [0.3, 0.4) is 0 Å². The fraction of sp³-hybridized carbons (Fsp3) is 0.167. The molecule has 0 unspecified atom stereocenters. The molecule has 0 saturated heterocycles. The van der Waals surface area contributed by atoms with Crippen molar-refractivity contribution < 1.29 is 0 Å². The van der Waals surface area contributed by atoms with Crippen LogP contribution in [0, 0.1) is 6.92 Å². The zero-order chi connectivity index (χ0) is 8.97. The molecule has 0 radical (unpaired) electrons. The standard InChI is InChI=1S/C12H14/c1-4-6-11(3)12-8-5-7-10(2)9-12/h4-9H,1H2,2-3H3. The number of allylic oxidation sites excluding steroid dienone is 3. The van der Waals surface area contributed by atoms with E-state index in [1.807, 2.05) is 12.2 Å². The molecule has 0 heteroatoms. The van der Waals surface area contributed by atoms with Crippen LogP contribution in [0.4, 0.5) is 0 Å². The van der Waals surface area contributed by atoms with Gasteiger partial charge in [-0.25, -0.2) is 0 Å². The molecular formula is C12H14.